The molecule has 0 aliphatic heterocycles. The maximum atomic E-state index is 11.0. The summed E-state index contributed by atoms with van der Waals surface area (Å²) in [5, 5.41) is 23.5. The minimum Gasteiger partial charge on any atom is -0.480 e. The van der Waals surface area contributed by atoms with Crippen LogP contribution >= 0.6 is 0 Å². The van der Waals surface area contributed by atoms with E-state index in [1.165, 1.54) is 6.92 Å². The Balaban J connectivity index is -0.0000000875. The smallest absolute Gasteiger partial charge is 0.317 e. The molecule has 0 saturated carbocycles. The first kappa shape index (κ1) is 49.8. The van der Waals surface area contributed by atoms with Crippen LogP contribution in [0, 0.1) is 0 Å². The molecule has 5 N–H and O–H groups in total. The van der Waals surface area contributed by atoms with Gasteiger partial charge in [-0.15, -0.1) is 0 Å². The third-order valence-corrected chi connectivity index (χ3v) is 3.01. The van der Waals surface area contributed by atoms with Crippen LogP contribution in [0.25, 0.3) is 0 Å². The number of aldehydes is 1. The predicted molar refractivity (Wildman–Crippen MR) is 135 cm³/mol. The van der Waals surface area contributed by atoms with E-state index in [4.69, 9.17) is 15.3 Å². The molecule has 0 radical (unpaired) electrons. The number of Topliss-reactive ketones (excluding diaryl/α,β-unsaturated/α-hetero) is 1. The first-order valence-electron chi connectivity index (χ1n) is 11.2. The molecule has 204 valence electrons. The number of rotatable bonds is 13. The molecule has 0 atom stereocenters. The third kappa shape index (κ3) is 57.5. The maximum absolute atomic E-state index is 11.0. The summed E-state index contributed by atoms with van der Waals surface area (Å²) in [6.45, 7) is 16.3. The zero-order valence-corrected chi connectivity index (χ0v) is 26.3. The van der Waals surface area contributed by atoms with Crippen molar-refractivity contribution >= 4 is 24.0 Å². The van der Waals surface area contributed by atoms with Gasteiger partial charge >= 0.3 is 11.9 Å². The average molecular weight is 550 g/mol. The van der Waals surface area contributed by atoms with Crippen LogP contribution in [0.1, 0.15) is 48.5 Å². The molecular formula is C22H52N4O7Zn. The van der Waals surface area contributed by atoms with E-state index >= 15 is 0 Å². The number of hydrogen-bond acceptors (Lipinski definition) is 9. The van der Waals surface area contributed by atoms with Gasteiger partial charge in [-0.2, -0.15) is 0 Å². The number of aliphatic hydroxyl groups is 1. The number of hydrogen-bond donors (Lipinski definition) is 4. The van der Waals surface area contributed by atoms with Crippen LogP contribution in [0.4, 0.5) is 0 Å². The van der Waals surface area contributed by atoms with Crippen LogP contribution in [-0.2, 0) is 38.7 Å². The van der Waals surface area contributed by atoms with Crippen molar-refractivity contribution in [3.63, 3.8) is 0 Å². The summed E-state index contributed by atoms with van der Waals surface area (Å²) in [7, 11) is 4.65. The van der Waals surface area contributed by atoms with Crippen molar-refractivity contribution in [2.75, 3.05) is 73.6 Å². The summed E-state index contributed by atoms with van der Waals surface area (Å²) in [4.78, 5) is 46.9. The molecule has 0 spiro atoms. The maximum Gasteiger partial charge on any atom is 0.317 e. The Hall–Kier alpha value is -1.30. The number of nitrogens with two attached hydrogens (primary N) is 1. The molecule has 0 aliphatic carbocycles. The van der Waals surface area contributed by atoms with E-state index in [1.54, 1.807) is 4.90 Å². The Morgan fingerprint density at radius 2 is 1.12 bits per heavy atom. The summed E-state index contributed by atoms with van der Waals surface area (Å²) >= 11 is 0. The van der Waals surface area contributed by atoms with Crippen molar-refractivity contribution in [3.8, 4) is 0 Å². The van der Waals surface area contributed by atoms with Gasteiger partial charge in [-0.1, -0.05) is 41.5 Å². The number of likely N-dealkylation sites (N-methyl/N-ethyl adjacent to an activating group) is 2. The van der Waals surface area contributed by atoms with E-state index in [-0.39, 0.29) is 38.4 Å². The molecule has 0 unspecified atom stereocenters. The van der Waals surface area contributed by atoms with Crippen molar-refractivity contribution in [3.05, 3.63) is 0 Å². The summed E-state index contributed by atoms with van der Waals surface area (Å²) in [6.07, 6.45) is 0.822. The first-order chi connectivity index (χ1) is 15.6. The molecule has 0 aliphatic rings. The molecule has 0 fully saturated rings. The van der Waals surface area contributed by atoms with Crippen LogP contribution < -0.4 is 5.73 Å². The van der Waals surface area contributed by atoms with Crippen molar-refractivity contribution in [2.45, 2.75) is 48.5 Å². The number of carboxylic acids is 2. The van der Waals surface area contributed by atoms with Gasteiger partial charge in [0, 0.05) is 52.8 Å². The first-order valence-corrected chi connectivity index (χ1v) is 11.2. The van der Waals surface area contributed by atoms with Gasteiger partial charge in [0.2, 0.25) is 0 Å². The predicted octanol–water partition coefficient (Wildman–Crippen LogP) is 0.739. The molecule has 11 nitrogen and oxygen atoms in total. The molecule has 0 aromatic rings. The number of carbonyl (C=O) groups excluding carboxylic acids is 2. The molecule has 0 aromatic heterocycles. The zero-order valence-electron chi connectivity index (χ0n) is 23.3. The number of aliphatic carboxylic acids is 2. The Morgan fingerprint density at radius 1 is 0.765 bits per heavy atom. The van der Waals surface area contributed by atoms with Crippen molar-refractivity contribution in [1.82, 2.24) is 14.7 Å². The van der Waals surface area contributed by atoms with Crippen LogP contribution in [-0.4, -0.2) is 128 Å². The van der Waals surface area contributed by atoms with Crippen molar-refractivity contribution < 1.29 is 54.0 Å². The molecule has 12 heteroatoms. The second-order valence-electron chi connectivity index (χ2n) is 5.64. The van der Waals surface area contributed by atoms with Crippen molar-refractivity contribution in [2.24, 2.45) is 5.73 Å². The van der Waals surface area contributed by atoms with E-state index < -0.39 is 11.9 Å². The van der Waals surface area contributed by atoms with Crippen molar-refractivity contribution in [1.29, 1.82) is 0 Å². The normalized spacial score (nSPS) is 8.44. The van der Waals surface area contributed by atoms with Gasteiger partial charge in [0.05, 0.1) is 26.2 Å². The van der Waals surface area contributed by atoms with E-state index in [2.05, 4.69) is 5.73 Å². The van der Waals surface area contributed by atoms with Gasteiger partial charge in [0.25, 0.3) is 0 Å². The minimum absolute atomic E-state index is 0. The Bertz CT molecular complexity index is 432. The molecule has 34 heavy (non-hydrogen) atoms. The van der Waals surface area contributed by atoms with E-state index in [1.807, 2.05) is 65.4 Å². The van der Waals surface area contributed by atoms with Crippen LogP contribution in [0.15, 0.2) is 0 Å². The number of carbonyl (C=O) groups is 4. The summed E-state index contributed by atoms with van der Waals surface area (Å²) in [6, 6.07) is 0. The second-order valence-corrected chi connectivity index (χ2v) is 5.64. The molecular weight excluding hydrogens is 498 g/mol. The number of nitrogens with zero attached hydrogens (tertiary/aromatic N) is 3. The number of carboxylic acid groups (broad SMARTS) is 2. The Labute approximate surface area is 220 Å². The van der Waals surface area contributed by atoms with E-state index in [0.29, 0.717) is 39.3 Å². The van der Waals surface area contributed by atoms with Crippen LogP contribution in [0.3, 0.4) is 0 Å². The fraction of sp³-hybridized carbons (Fsp3) is 0.818. The SMILES string of the molecule is CC.CC.CC.CC(=O)CN(C)CCN(CCN(C)CC=O)CC(=O)O.CO.NCC(=O)O.[Zn]. The van der Waals surface area contributed by atoms with E-state index in [0.717, 1.165) is 13.4 Å². The van der Waals surface area contributed by atoms with Gasteiger partial charge < -0.3 is 25.8 Å². The molecule has 0 bridgehead atoms. The fourth-order valence-electron chi connectivity index (χ4n) is 1.76. The van der Waals surface area contributed by atoms with Gasteiger partial charge in [0.15, 0.2) is 0 Å². The van der Waals surface area contributed by atoms with E-state index in [9.17, 15) is 19.2 Å². The summed E-state index contributed by atoms with van der Waals surface area (Å²) in [5.41, 5.74) is 4.57. The largest absolute Gasteiger partial charge is 0.480 e. The van der Waals surface area contributed by atoms with Crippen LogP contribution in [0.5, 0.6) is 0 Å². The fourth-order valence-corrected chi connectivity index (χ4v) is 1.76. The average Bonchev–Trinajstić information content (AvgIpc) is 2.81. The molecule has 0 rings (SSSR count). The zero-order chi connectivity index (χ0) is 27.8. The van der Waals surface area contributed by atoms with Gasteiger partial charge in [0.1, 0.15) is 12.1 Å². The second kappa shape index (κ2) is 45.2. The molecule has 0 saturated heterocycles. The summed E-state index contributed by atoms with van der Waals surface area (Å²) < 4.78 is 0. The number of aliphatic hydroxyl groups excluding tert-OH is 1. The summed E-state index contributed by atoms with van der Waals surface area (Å²) in [5.74, 6) is -1.76. The minimum atomic E-state index is -0.968. The number of ketones is 1. The quantitative estimate of drug-likeness (QED) is 0.189. The Morgan fingerprint density at radius 3 is 1.38 bits per heavy atom. The van der Waals surface area contributed by atoms with Crippen LogP contribution in [0.2, 0.25) is 0 Å². The van der Waals surface area contributed by atoms with Gasteiger partial charge in [-0.05, 0) is 21.0 Å². The molecule has 0 amide bonds. The standard InChI is InChI=1S/C13H25N3O4.C2H5NO2.3C2H6.CH4O.Zn/c1-12(18)10-15(3)5-7-16(11-13(19)20)6-4-14(2)8-9-17;3-1-2(4)5;4*1-2;/h9H,4-8,10-11H2,1-3H3,(H,19,20);1,3H2,(H,4,5);3*1-2H3;2H,1H3;. The van der Waals surface area contributed by atoms with Gasteiger partial charge in [-0.25, -0.2) is 0 Å². The topological polar surface area (TPSA) is 165 Å². The monoisotopic (exact) mass is 548 g/mol. The molecule has 0 aromatic carbocycles. The van der Waals surface area contributed by atoms with Gasteiger partial charge in [-0.3, -0.25) is 29.1 Å². The molecule has 0 heterocycles. The third-order valence-electron chi connectivity index (χ3n) is 3.01. The Kier molecular flexibility index (Phi) is 66.2.